The Balaban J connectivity index is 1.89. The number of carboxylic acid groups (broad SMARTS) is 1. The van der Waals surface area contributed by atoms with Crippen molar-refractivity contribution in [2.24, 2.45) is 16.5 Å². The normalized spacial score (nSPS) is 30.2. The lowest BCUT2D eigenvalue weighted by Crippen LogP contribution is -2.57. The van der Waals surface area contributed by atoms with Gasteiger partial charge in [0.25, 0.3) is 0 Å². The molecular weight excluding hydrogens is 446 g/mol. The van der Waals surface area contributed by atoms with E-state index in [1.807, 2.05) is 0 Å². The molecule has 2 bridgehead atoms. The number of carboxylic acids is 1. The Morgan fingerprint density at radius 1 is 1.09 bits per heavy atom. The molecule has 13 nitrogen and oxygen atoms in total. The van der Waals surface area contributed by atoms with Crippen LogP contribution in [0.15, 0.2) is 4.99 Å². The van der Waals surface area contributed by atoms with Crippen molar-refractivity contribution in [3.05, 3.63) is 0 Å². The fourth-order valence-electron chi connectivity index (χ4n) is 5.00. The first-order chi connectivity index (χ1) is 16.2. The zero-order chi connectivity index (χ0) is 24.8. The van der Waals surface area contributed by atoms with Crippen molar-refractivity contribution < 1.29 is 29.1 Å². The predicted octanol–water partition coefficient (Wildman–Crippen LogP) is -2.43. The number of nitrogens with zero attached hydrogens (tertiary/aromatic N) is 2. The average molecular weight is 480 g/mol. The second kappa shape index (κ2) is 11.3. The predicted molar refractivity (Wildman–Crippen MR) is 120 cm³/mol. The molecule has 0 aromatic heterocycles. The van der Waals surface area contributed by atoms with Gasteiger partial charge in [0.2, 0.25) is 17.7 Å². The second-order valence-corrected chi connectivity index (χ2v) is 8.98. The van der Waals surface area contributed by atoms with Gasteiger partial charge >= 0.3 is 5.97 Å². The monoisotopic (exact) mass is 479 g/mol. The maximum atomic E-state index is 13.5. The molecule has 0 aromatic carbocycles. The van der Waals surface area contributed by atoms with Crippen LogP contribution in [0.1, 0.15) is 51.4 Å². The zero-order valence-corrected chi connectivity index (χ0v) is 19.0. The lowest BCUT2D eigenvalue weighted by Gasteiger charge is -2.32. The van der Waals surface area contributed by atoms with Crippen LogP contribution in [0.4, 0.5) is 0 Å². The molecule has 3 aliphatic heterocycles. The molecule has 0 saturated carbocycles. The van der Waals surface area contributed by atoms with Crippen molar-refractivity contribution in [3.63, 3.8) is 0 Å². The molecule has 0 radical (unpaired) electrons. The van der Waals surface area contributed by atoms with Gasteiger partial charge in [-0.05, 0) is 44.9 Å². The fourth-order valence-corrected chi connectivity index (χ4v) is 5.00. The lowest BCUT2D eigenvalue weighted by atomic mass is 9.98. The minimum absolute atomic E-state index is 0.0605. The van der Waals surface area contributed by atoms with E-state index >= 15 is 0 Å². The largest absolute Gasteiger partial charge is 0.481 e. The number of rotatable bonds is 6. The van der Waals surface area contributed by atoms with Gasteiger partial charge in [-0.2, -0.15) is 0 Å². The standard InChI is InChI=1S/C21H33N7O6/c22-21(23)24-8-2-5-12-19(33)25-10-16(29)27-14(9-17(30)31)18(32)15-7-6-11-3-1-4-13(26-12)20(34)28(11)15/h11-15,26H,1-10H2,(H,25,33)(H,27,29)(H,30,31)(H4,22,23,24)/t11-,12?,13-,14+,15+/m1/s1. The van der Waals surface area contributed by atoms with Crippen LogP contribution in [0.2, 0.25) is 0 Å². The highest BCUT2D eigenvalue weighted by atomic mass is 16.4. The number of fused-ring (bicyclic) bond motifs is 1. The molecular formula is C21H33N7O6. The summed E-state index contributed by atoms with van der Waals surface area (Å²) >= 11 is 0. The number of ketones is 1. The second-order valence-electron chi connectivity index (χ2n) is 8.98. The van der Waals surface area contributed by atoms with Crippen molar-refractivity contribution in [1.29, 1.82) is 0 Å². The molecule has 3 heterocycles. The molecule has 0 spiro atoms. The molecule has 3 amide bonds. The first kappa shape index (κ1) is 25.4. The maximum absolute atomic E-state index is 13.5. The molecule has 5 atom stereocenters. The number of nitrogens with two attached hydrogens (primary N) is 2. The molecule has 1 unspecified atom stereocenters. The van der Waals surface area contributed by atoms with Gasteiger partial charge in [0.05, 0.1) is 31.1 Å². The van der Waals surface area contributed by atoms with Crippen molar-refractivity contribution in [2.45, 2.75) is 81.6 Å². The van der Waals surface area contributed by atoms with Crippen LogP contribution in [0.3, 0.4) is 0 Å². The van der Waals surface area contributed by atoms with E-state index in [4.69, 9.17) is 11.5 Å². The van der Waals surface area contributed by atoms with Gasteiger partial charge in [-0.1, -0.05) is 0 Å². The summed E-state index contributed by atoms with van der Waals surface area (Å²) in [6, 6.07) is -3.69. The van der Waals surface area contributed by atoms with Gasteiger partial charge in [-0.3, -0.25) is 34.3 Å². The first-order valence-corrected chi connectivity index (χ1v) is 11.6. The Labute approximate surface area is 197 Å². The molecule has 3 aliphatic rings. The third kappa shape index (κ3) is 6.22. The smallest absolute Gasteiger partial charge is 0.305 e. The highest BCUT2D eigenvalue weighted by Crippen LogP contribution is 2.33. The highest BCUT2D eigenvalue weighted by molar-refractivity contribution is 5.99. The third-order valence-electron chi connectivity index (χ3n) is 6.56. The molecule has 0 aromatic rings. The van der Waals surface area contributed by atoms with Gasteiger partial charge in [0.1, 0.15) is 6.04 Å². The van der Waals surface area contributed by atoms with Gasteiger partial charge in [0, 0.05) is 12.6 Å². The highest BCUT2D eigenvalue weighted by Gasteiger charge is 2.46. The first-order valence-electron chi connectivity index (χ1n) is 11.6. The van der Waals surface area contributed by atoms with Crippen LogP contribution in [0, 0.1) is 0 Å². The van der Waals surface area contributed by atoms with Gasteiger partial charge in [0.15, 0.2) is 11.7 Å². The quantitative estimate of drug-likeness (QED) is 0.136. The Bertz CT molecular complexity index is 859. The third-order valence-corrected chi connectivity index (χ3v) is 6.56. The van der Waals surface area contributed by atoms with E-state index in [1.54, 1.807) is 4.90 Å². The van der Waals surface area contributed by atoms with E-state index in [1.165, 1.54) is 0 Å². The summed E-state index contributed by atoms with van der Waals surface area (Å²) in [7, 11) is 0. The van der Waals surface area contributed by atoms with E-state index in [0.29, 0.717) is 45.1 Å². The maximum Gasteiger partial charge on any atom is 0.305 e. The summed E-state index contributed by atoms with van der Waals surface area (Å²) in [5.74, 6) is -3.24. The van der Waals surface area contributed by atoms with Crippen LogP contribution < -0.4 is 27.4 Å². The number of carbonyl (C=O) groups excluding carboxylic acids is 4. The Kier molecular flexibility index (Phi) is 8.42. The van der Waals surface area contributed by atoms with Crippen LogP contribution in [0.5, 0.6) is 0 Å². The number of hydrogen-bond donors (Lipinski definition) is 6. The van der Waals surface area contributed by atoms with Crippen molar-refractivity contribution >= 4 is 35.4 Å². The SMILES string of the molecule is NC(N)=NCCCC1N[C@@H]2CCC[C@@H]3CC[C@@H](C(=O)[C@H](CC(=O)O)NC(=O)CNC1=O)N3C2=O. The number of nitrogens with one attached hydrogen (secondary N) is 3. The Hall–Kier alpha value is -3.22. The van der Waals surface area contributed by atoms with Crippen LogP contribution >= 0.6 is 0 Å². The number of carbonyl (C=O) groups is 5. The molecule has 34 heavy (non-hydrogen) atoms. The van der Waals surface area contributed by atoms with Crippen LogP contribution in [-0.4, -0.2) is 88.7 Å². The molecule has 3 saturated heterocycles. The number of aliphatic carboxylic acids is 1. The lowest BCUT2D eigenvalue weighted by molar-refractivity contribution is -0.144. The molecule has 3 rings (SSSR count). The van der Waals surface area contributed by atoms with E-state index < -0.39 is 60.7 Å². The van der Waals surface area contributed by atoms with E-state index in [9.17, 15) is 29.1 Å². The number of hydrogen-bond acceptors (Lipinski definition) is 7. The Morgan fingerprint density at radius 2 is 1.85 bits per heavy atom. The molecule has 13 heteroatoms. The zero-order valence-electron chi connectivity index (χ0n) is 19.0. The summed E-state index contributed by atoms with van der Waals surface area (Å²) < 4.78 is 0. The average Bonchev–Trinajstić information content (AvgIpc) is 3.13. The van der Waals surface area contributed by atoms with Gasteiger partial charge in [-0.25, -0.2) is 0 Å². The fraction of sp³-hybridized carbons (Fsp3) is 0.714. The van der Waals surface area contributed by atoms with Crippen molar-refractivity contribution in [3.8, 4) is 0 Å². The molecule has 3 fully saturated rings. The van der Waals surface area contributed by atoms with E-state index in [0.717, 1.165) is 6.42 Å². The summed E-state index contributed by atoms with van der Waals surface area (Å²) in [5, 5.41) is 17.4. The number of Topliss-reactive ketones (excluding diaryl/α,β-unsaturated/α-hetero) is 1. The molecule has 8 N–H and O–H groups in total. The van der Waals surface area contributed by atoms with Gasteiger partial charge in [-0.15, -0.1) is 0 Å². The minimum atomic E-state index is -1.29. The van der Waals surface area contributed by atoms with E-state index in [-0.39, 0.29) is 17.9 Å². The minimum Gasteiger partial charge on any atom is -0.481 e. The summed E-state index contributed by atoms with van der Waals surface area (Å²) in [6.45, 7) is -0.127. The Morgan fingerprint density at radius 3 is 2.56 bits per heavy atom. The summed E-state index contributed by atoms with van der Waals surface area (Å²) in [4.78, 5) is 69.0. The van der Waals surface area contributed by atoms with E-state index in [2.05, 4.69) is 20.9 Å². The number of aliphatic imine (C=N–C) groups is 1. The number of guanidine groups is 1. The summed E-state index contributed by atoms with van der Waals surface area (Å²) in [6.07, 6.45) is 3.18. The van der Waals surface area contributed by atoms with Crippen molar-refractivity contribution in [1.82, 2.24) is 20.9 Å². The summed E-state index contributed by atoms with van der Waals surface area (Å²) in [5.41, 5.74) is 10.7. The van der Waals surface area contributed by atoms with Crippen LogP contribution in [0.25, 0.3) is 0 Å². The van der Waals surface area contributed by atoms with Crippen LogP contribution in [-0.2, 0) is 24.0 Å². The van der Waals surface area contributed by atoms with Crippen molar-refractivity contribution in [2.75, 3.05) is 13.1 Å². The molecule has 188 valence electrons. The molecule has 0 aliphatic carbocycles. The topological polar surface area (TPSA) is 209 Å². The van der Waals surface area contributed by atoms with Gasteiger partial charge < -0.3 is 32.1 Å². The number of amides is 3.